The van der Waals surface area contributed by atoms with Crippen LogP contribution >= 0.6 is 0 Å². The van der Waals surface area contributed by atoms with E-state index >= 15 is 0 Å². The number of aryl methyl sites for hydroxylation is 1. The summed E-state index contributed by atoms with van der Waals surface area (Å²) in [5.74, 6) is 0. The van der Waals surface area contributed by atoms with Crippen LogP contribution in [0.2, 0.25) is 0 Å². The van der Waals surface area contributed by atoms with Crippen LogP contribution in [0.15, 0.2) is 29.2 Å². The molecule has 1 aliphatic rings. The Morgan fingerprint density at radius 2 is 2.11 bits per heavy atom. The van der Waals surface area contributed by atoms with Gasteiger partial charge < -0.3 is 5.11 Å². The van der Waals surface area contributed by atoms with Crippen molar-refractivity contribution in [2.45, 2.75) is 37.2 Å². The minimum absolute atomic E-state index is 0.170. The van der Waals surface area contributed by atoms with Gasteiger partial charge in [0.1, 0.15) is 0 Å². The highest BCUT2D eigenvalue weighted by Gasteiger charge is 2.35. The quantitative estimate of drug-likeness (QED) is 0.886. The maximum absolute atomic E-state index is 12.4. The first-order valence-electron chi connectivity index (χ1n) is 6.10. The zero-order valence-electron chi connectivity index (χ0n) is 10.8. The molecule has 0 saturated carbocycles. The van der Waals surface area contributed by atoms with E-state index in [0.29, 0.717) is 24.3 Å². The summed E-state index contributed by atoms with van der Waals surface area (Å²) in [7, 11) is -3.48. The molecule has 0 bridgehead atoms. The highest BCUT2D eigenvalue weighted by Crippen LogP contribution is 2.26. The number of aliphatic hydroxyl groups is 1. The van der Waals surface area contributed by atoms with Gasteiger partial charge in [-0.3, -0.25) is 0 Å². The van der Waals surface area contributed by atoms with E-state index in [-0.39, 0.29) is 6.54 Å². The largest absolute Gasteiger partial charge is 0.389 e. The molecule has 0 amide bonds. The van der Waals surface area contributed by atoms with Crippen LogP contribution in [0.25, 0.3) is 0 Å². The second-order valence-electron chi connectivity index (χ2n) is 5.26. The molecule has 0 radical (unpaired) electrons. The van der Waals surface area contributed by atoms with Crippen LogP contribution in [0.5, 0.6) is 0 Å². The van der Waals surface area contributed by atoms with E-state index in [0.717, 1.165) is 5.56 Å². The van der Waals surface area contributed by atoms with Crippen molar-refractivity contribution < 1.29 is 13.5 Å². The van der Waals surface area contributed by atoms with Crippen LogP contribution in [-0.4, -0.2) is 36.5 Å². The van der Waals surface area contributed by atoms with Gasteiger partial charge in [0.15, 0.2) is 0 Å². The van der Waals surface area contributed by atoms with Gasteiger partial charge in [-0.1, -0.05) is 12.1 Å². The molecule has 1 fully saturated rings. The molecule has 4 nitrogen and oxygen atoms in total. The van der Waals surface area contributed by atoms with Gasteiger partial charge in [-0.25, -0.2) is 8.42 Å². The van der Waals surface area contributed by atoms with Crippen LogP contribution < -0.4 is 0 Å². The molecular weight excluding hydrogens is 250 g/mol. The lowest BCUT2D eigenvalue weighted by atomic mass is 9.97. The number of rotatable bonds is 2. The summed E-state index contributed by atoms with van der Waals surface area (Å²) in [6, 6.07) is 6.87. The summed E-state index contributed by atoms with van der Waals surface area (Å²) in [4.78, 5) is 0.306. The number of piperidine rings is 1. The number of β-amino-alcohol motifs (C(OH)–C–C–N with tert-alkyl or cyclic N) is 1. The molecule has 1 aromatic rings. The van der Waals surface area contributed by atoms with Gasteiger partial charge in [-0.15, -0.1) is 0 Å². The summed E-state index contributed by atoms with van der Waals surface area (Å²) < 4.78 is 26.3. The van der Waals surface area contributed by atoms with Crippen LogP contribution in [0.4, 0.5) is 0 Å². The average Bonchev–Trinajstić information content (AvgIpc) is 2.27. The zero-order chi connectivity index (χ0) is 13.4. The second kappa shape index (κ2) is 4.64. The molecule has 0 spiro atoms. The first-order chi connectivity index (χ1) is 8.31. The van der Waals surface area contributed by atoms with Crippen molar-refractivity contribution in [2.75, 3.05) is 13.1 Å². The number of hydrogen-bond donors (Lipinski definition) is 1. The Morgan fingerprint density at radius 3 is 2.72 bits per heavy atom. The fourth-order valence-electron chi connectivity index (χ4n) is 2.30. The topological polar surface area (TPSA) is 57.6 Å². The van der Waals surface area contributed by atoms with E-state index in [2.05, 4.69) is 0 Å². The molecule has 0 aromatic heterocycles. The monoisotopic (exact) mass is 269 g/mol. The molecule has 2 rings (SSSR count). The molecule has 5 heteroatoms. The molecule has 1 saturated heterocycles. The number of hydrogen-bond acceptors (Lipinski definition) is 3. The SMILES string of the molecule is Cc1cccc(S(=O)(=O)N2CCCC(C)(O)C2)c1. The van der Waals surface area contributed by atoms with Gasteiger partial charge in [0.2, 0.25) is 10.0 Å². The minimum Gasteiger partial charge on any atom is -0.389 e. The second-order valence-corrected chi connectivity index (χ2v) is 7.19. The predicted octanol–water partition coefficient (Wildman–Crippen LogP) is 1.53. The predicted molar refractivity (Wildman–Crippen MR) is 69.8 cm³/mol. The van der Waals surface area contributed by atoms with E-state index in [1.165, 1.54) is 4.31 Å². The zero-order valence-corrected chi connectivity index (χ0v) is 11.6. The van der Waals surface area contributed by atoms with Gasteiger partial charge in [0.05, 0.1) is 10.5 Å². The van der Waals surface area contributed by atoms with E-state index in [4.69, 9.17) is 0 Å². The first-order valence-corrected chi connectivity index (χ1v) is 7.54. The van der Waals surface area contributed by atoms with E-state index in [1.54, 1.807) is 25.1 Å². The van der Waals surface area contributed by atoms with Gasteiger partial charge in [0.25, 0.3) is 0 Å². The smallest absolute Gasteiger partial charge is 0.243 e. The Bertz CT molecular complexity index is 537. The molecule has 1 N–H and O–H groups in total. The van der Waals surface area contributed by atoms with Crippen molar-refractivity contribution in [3.63, 3.8) is 0 Å². The molecule has 1 atom stereocenters. The number of sulfonamides is 1. The van der Waals surface area contributed by atoms with Gasteiger partial charge in [-0.2, -0.15) is 4.31 Å². The third-order valence-corrected chi connectivity index (χ3v) is 5.11. The third-order valence-electron chi connectivity index (χ3n) is 3.27. The summed E-state index contributed by atoms with van der Waals surface area (Å²) in [6.45, 7) is 4.20. The maximum Gasteiger partial charge on any atom is 0.243 e. The van der Waals surface area contributed by atoms with E-state index < -0.39 is 15.6 Å². The Morgan fingerprint density at radius 1 is 1.39 bits per heavy atom. The lowest BCUT2D eigenvalue weighted by Crippen LogP contribution is -2.48. The normalized spacial score (nSPS) is 26.2. The van der Waals surface area contributed by atoms with Crippen LogP contribution in [-0.2, 0) is 10.0 Å². The number of nitrogens with zero attached hydrogens (tertiary/aromatic N) is 1. The third kappa shape index (κ3) is 2.74. The lowest BCUT2D eigenvalue weighted by Gasteiger charge is -2.35. The van der Waals surface area contributed by atoms with Crippen molar-refractivity contribution in [3.8, 4) is 0 Å². The highest BCUT2D eigenvalue weighted by atomic mass is 32.2. The van der Waals surface area contributed by atoms with Crippen molar-refractivity contribution in [1.29, 1.82) is 0 Å². The van der Waals surface area contributed by atoms with E-state index in [9.17, 15) is 13.5 Å². The molecular formula is C13H19NO3S. The fourth-order valence-corrected chi connectivity index (χ4v) is 4.01. The summed E-state index contributed by atoms with van der Waals surface area (Å²) in [5, 5.41) is 10.0. The Kier molecular flexibility index (Phi) is 3.49. The fraction of sp³-hybridized carbons (Fsp3) is 0.538. The van der Waals surface area contributed by atoms with Crippen LogP contribution in [0.3, 0.4) is 0 Å². The number of benzene rings is 1. The lowest BCUT2D eigenvalue weighted by molar-refractivity contribution is 0.00940. The van der Waals surface area contributed by atoms with Gasteiger partial charge >= 0.3 is 0 Å². The van der Waals surface area contributed by atoms with Crippen molar-refractivity contribution in [3.05, 3.63) is 29.8 Å². The maximum atomic E-state index is 12.4. The Labute approximate surface area is 108 Å². The highest BCUT2D eigenvalue weighted by molar-refractivity contribution is 7.89. The van der Waals surface area contributed by atoms with Crippen LogP contribution in [0, 0.1) is 6.92 Å². The summed E-state index contributed by atoms with van der Waals surface area (Å²) in [6.07, 6.45) is 1.34. The van der Waals surface area contributed by atoms with Crippen molar-refractivity contribution >= 4 is 10.0 Å². The average molecular weight is 269 g/mol. The molecule has 18 heavy (non-hydrogen) atoms. The Balaban J connectivity index is 2.31. The van der Waals surface area contributed by atoms with E-state index in [1.807, 2.05) is 13.0 Å². The molecule has 1 unspecified atom stereocenters. The molecule has 0 aliphatic carbocycles. The summed E-state index contributed by atoms with van der Waals surface area (Å²) >= 11 is 0. The molecule has 1 heterocycles. The summed E-state index contributed by atoms with van der Waals surface area (Å²) in [5.41, 5.74) is -0.00496. The van der Waals surface area contributed by atoms with Crippen molar-refractivity contribution in [2.24, 2.45) is 0 Å². The van der Waals surface area contributed by atoms with Gasteiger partial charge in [0, 0.05) is 13.1 Å². The molecule has 1 aliphatic heterocycles. The molecule has 100 valence electrons. The minimum atomic E-state index is -3.48. The molecule has 1 aromatic carbocycles. The van der Waals surface area contributed by atoms with Crippen molar-refractivity contribution in [1.82, 2.24) is 4.31 Å². The van der Waals surface area contributed by atoms with Crippen LogP contribution in [0.1, 0.15) is 25.3 Å². The Hall–Kier alpha value is -0.910. The standard InChI is InChI=1S/C13H19NO3S/c1-11-5-3-6-12(9-11)18(16,17)14-8-4-7-13(2,15)10-14/h3,5-6,9,15H,4,7-8,10H2,1-2H3. The van der Waals surface area contributed by atoms with Gasteiger partial charge in [-0.05, 0) is 44.4 Å². The first kappa shape index (κ1) is 13.5.